The lowest BCUT2D eigenvalue weighted by Gasteiger charge is -2.18. The normalized spacial score (nSPS) is 13.7. The van der Waals surface area contributed by atoms with Gasteiger partial charge < -0.3 is 15.7 Å². The Morgan fingerprint density at radius 2 is 2.06 bits per heavy atom. The molecule has 18 heavy (non-hydrogen) atoms. The minimum Gasteiger partial charge on any atom is -0.480 e. The molecule has 2 atom stereocenters. The van der Waals surface area contributed by atoms with Gasteiger partial charge in [-0.3, -0.25) is 0 Å². The van der Waals surface area contributed by atoms with Crippen molar-refractivity contribution in [3.8, 4) is 0 Å². The zero-order chi connectivity index (χ0) is 13.5. The molecule has 2 unspecified atom stereocenters. The summed E-state index contributed by atoms with van der Waals surface area (Å²) < 4.78 is 0. The molecule has 2 amide bonds. The first-order chi connectivity index (χ1) is 8.58. The third kappa shape index (κ3) is 4.03. The van der Waals surface area contributed by atoms with E-state index in [0.717, 1.165) is 11.3 Å². The molecular formula is C12H18N2O3S. The molecule has 6 heteroatoms. The van der Waals surface area contributed by atoms with E-state index in [0.29, 0.717) is 6.42 Å². The fourth-order valence-electron chi connectivity index (χ4n) is 1.56. The van der Waals surface area contributed by atoms with Gasteiger partial charge >= 0.3 is 12.0 Å². The number of carbonyl (C=O) groups is 2. The van der Waals surface area contributed by atoms with Crippen LogP contribution in [0.25, 0.3) is 0 Å². The molecular weight excluding hydrogens is 252 g/mol. The molecule has 0 spiro atoms. The fraction of sp³-hybridized carbons (Fsp3) is 0.500. The lowest BCUT2D eigenvalue weighted by molar-refractivity contribution is -0.139. The second-order valence-corrected chi connectivity index (χ2v) is 4.87. The molecule has 0 fully saturated rings. The summed E-state index contributed by atoms with van der Waals surface area (Å²) in [5, 5.41) is 16.0. The molecule has 0 saturated heterocycles. The smallest absolute Gasteiger partial charge is 0.326 e. The Kier molecular flexibility index (Phi) is 5.64. The summed E-state index contributed by atoms with van der Waals surface area (Å²) in [5.74, 6) is -1.02. The van der Waals surface area contributed by atoms with Crippen molar-refractivity contribution in [3.05, 3.63) is 22.4 Å². The van der Waals surface area contributed by atoms with Crippen LogP contribution in [0, 0.1) is 0 Å². The zero-order valence-corrected chi connectivity index (χ0v) is 11.3. The van der Waals surface area contributed by atoms with E-state index in [9.17, 15) is 9.59 Å². The number of rotatable bonds is 6. The lowest BCUT2D eigenvalue weighted by atomic mass is 10.2. The van der Waals surface area contributed by atoms with Gasteiger partial charge in [0, 0.05) is 4.88 Å². The Morgan fingerprint density at radius 1 is 1.33 bits per heavy atom. The average Bonchev–Trinajstić information content (AvgIpc) is 2.86. The maximum Gasteiger partial charge on any atom is 0.326 e. The number of aliphatic carboxylic acids is 1. The van der Waals surface area contributed by atoms with E-state index in [-0.39, 0.29) is 6.04 Å². The number of nitrogens with one attached hydrogen (secondary N) is 2. The number of hydrogen-bond acceptors (Lipinski definition) is 3. The van der Waals surface area contributed by atoms with Gasteiger partial charge in [-0.1, -0.05) is 19.9 Å². The summed E-state index contributed by atoms with van der Waals surface area (Å²) in [6, 6.07) is 2.52. The van der Waals surface area contributed by atoms with Gasteiger partial charge in [0.15, 0.2) is 0 Å². The molecule has 0 aromatic carbocycles. The highest BCUT2D eigenvalue weighted by Gasteiger charge is 2.19. The van der Waals surface area contributed by atoms with Crippen LogP contribution in [0.5, 0.6) is 0 Å². The van der Waals surface area contributed by atoms with Gasteiger partial charge in [-0.25, -0.2) is 9.59 Å². The topological polar surface area (TPSA) is 78.4 Å². The fourth-order valence-corrected chi connectivity index (χ4v) is 2.42. The number of carboxylic acids is 1. The van der Waals surface area contributed by atoms with E-state index in [1.165, 1.54) is 0 Å². The molecule has 1 aromatic heterocycles. The third-order valence-corrected chi connectivity index (χ3v) is 3.60. The Labute approximate surface area is 110 Å². The number of hydrogen-bond donors (Lipinski definition) is 3. The average molecular weight is 270 g/mol. The Morgan fingerprint density at radius 3 is 2.50 bits per heavy atom. The number of carboxylic acid groups (broad SMARTS) is 1. The Hall–Kier alpha value is -1.56. The lowest BCUT2D eigenvalue weighted by Crippen LogP contribution is -2.46. The van der Waals surface area contributed by atoms with Crippen molar-refractivity contribution in [3.63, 3.8) is 0 Å². The minimum atomic E-state index is -1.02. The zero-order valence-electron chi connectivity index (χ0n) is 10.5. The minimum absolute atomic E-state index is 0.0729. The molecule has 0 aliphatic rings. The SMILES string of the molecule is CCC(NC(=O)NC(CC)c1cccs1)C(=O)O. The summed E-state index contributed by atoms with van der Waals surface area (Å²) in [5.41, 5.74) is 0. The molecule has 0 aliphatic heterocycles. The first-order valence-corrected chi connectivity index (χ1v) is 6.79. The second kappa shape index (κ2) is 7.00. The first-order valence-electron chi connectivity index (χ1n) is 5.91. The highest BCUT2D eigenvalue weighted by atomic mass is 32.1. The van der Waals surface area contributed by atoms with Crippen molar-refractivity contribution < 1.29 is 14.7 Å². The van der Waals surface area contributed by atoms with Gasteiger partial charge in [0.2, 0.25) is 0 Å². The van der Waals surface area contributed by atoms with Crippen LogP contribution < -0.4 is 10.6 Å². The quantitative estimate of drug-likeness (QED) is 0.742. The van der Waals surface area contributed by atoms with Crippen molar-refractivity contribution in [1.82, 2.24) is 10.6 Å². The molecule has 1 rings (SSSR count). The molecule has 3 N–H and O–H groups in total. The number of urea groups is 1. The van der Waals surface area contributed by atoms with Gasteiger partial charge in [-0.2, -0.15) is 0 Å². The van der Waals surface area contributed by atoms with Crippen molar-refractivity contribution in [1.29, 1.82) is 0 Å². The summed E-state index contributed by atoms with van der Waals surface area (Å²) in [4.78, 5) is 23.6. The van der Waals surface area contributed by atoms with Crippen molar-refractivity contribution in [2.45, 2.75) is 38.8 Å². The van der Waals surface area contributed by atoms with Crippen LogP contribution in [-0.4, -0.2) is 23.1 Å². The maximum absolute atomic E-state index is 11.7. The summed E-state index contributed by atoms with van der Waals surface area (Å²) in [6.45, 7) is 3.69. The monoisotopic (exact) mass is 270 g/mol. The molecule has 0 bridgehead atoms. The highest BCUT2D eigenvalue weighted by molar-refractivity contribution is 7.10. The second-order valence-electron chi connectivity index (χ2n) is 3.89. The predicted molar refractivity (Wildman–Crippen MR) is 70.7 cm³/mol. The van der Waals surface area contributed by atoms with Gasteiger partial charge in [0.1, 0.15) is 6.04 Å². The molecule has 0 saturated carbocycles. The van der Waals surface area contributed by atoms with Crippen molar-refractivity contribution >= 4 is 23.3 Å². The Balaban J connectivity index is 2.55. The van der Waals surface area contributed by atoms with Crippen LogP contribution in [0.3, 0.4) is 0 Å². The van der Waals surface area contributed by atoms with Crippen molar-refractivity contribution in [2.24, 2.45) is 0 Å². The number of thiophene rings is 1. The van der Waals surface area contributed by atoms with E-state index in [4.69, 9.17) is 5.11 Å². The van der Waals surface area contributed by atoms with E-state index >= 15 is 0 Å². The predicted octanol–water partition coefficient (Wildman–Crippen LogP) is 2.36. The van der Waals surface area contributed by atoms with E-state index in [2.05, 4.69) is 10.6 Å². The van der Waals surface area contributed by atoms with Gasteiger partial charge in [0.25, 0.3) is 0 Å². The molecule has 1 aromatic rings. The van der Waals surface area contributed by atoms with Gasteiger partial charge in [-0.15, -0.1) is 11.3 Å². The van der Waals surface area contributed by atoms with Crippen LogP contribution in [-0.2, 0) is 4.79 Å². The van der Waals surface area contributed by atoms with Crippen LogP contribution in [0.2, 0.25) is 0 Å². The molecule has 5 nitrogen and oxygen atoms in total. The summed E-state index contributed by atoms with van der Waals surface area (Å²) >= 11 is 1.57. The number of carbonyl (C=O) groups excluding carboxylic acids is 1. The maximum atomic E-state index is 11.7. The standard InChI is InChI=1S/C12H18N2O3S/c1-3-8(10-6-5-7-18-10)13-12(17)14-9(4-2)11(15)16/h5-9H,3-4H2,1-2H3,(H,15,16)(H2,13,14,17). The van der Waals surface area contributed by atoms with Crippen LogP contribution in [0.1, 0.15) is 37.6 Å². The summed E-state index contributed by atoms with van der Waals surface area (Å²) in [6.07, 6.45) is 1.12. The van der Waals surface area contributed by atoms with Crippen LogP contribution in [0.4, 0.5) is 4.79 Å². The first kappa shape index (κ1) is 14.5. The molecule has 0 aliphatic carbocycles. The van der Waals surface area contributed by atoms with E-state index in [1.54, 1.807) is 18.3 Å². The van der Waals surface area contributed by atoms with Crippen molar-refractivity contribution in [2.75, 3.05) is 0 Å². The van der Waals surface area contributed by atoms with Crippen LogP contribution in [0.15, 0.2) is 17.5 Å². The number of amides is 2. The molecule has 0 radical (unpaired) electrons. The van der Waals surface area contributed by atoms with Gasteiger partial charge in [0.05, 0.1) is 6.04 Å². The van der Waals surface area contributed by atoms with E-state index < -0.39 is 18.0 Å². The largest absolute Gasteiger partial charge is 0.480 e. The van der Waals surface area contributed by atoms with E-state index in [1.807, 2.05) is 24.4 Å². The third-order valence-electron chi connectivity index (χ3n) is 2.61. The summed E-state index contributed by atoms with van der Waals surface area (Å²) in [7, 11) is 0. The Bertz CT molecular complexity index is 392. The van der Waals surface area contributed by atoms with Crippen LogP contribution >= 0.6 is 11.3 Å². The molecule has 1 heterocycles. The highest BCUT2D eigenvalue weighted by Crippen LogP contribution is 2.21. The molecule has 100 valence electrons. The van der Waals surface area contributed by atoms with Gasteiger partial charge in [-0.05, 0) is 24.3 Å².